The van der Waals surface area contributed by atoms with Crippen molar-refractivity contribution in [2.45, 2.75) is 90.5 Å². The van der Waals surface area contributed by atoms with E-state index in [9.17, 15) is 9.59 Å². The minimum atomic E-state index is -1.55. The van der Waals surface area contributed by atoms with Crippen LogP contribution in [0.25, 0.3) is 0 Å². The van der Waals surface area contributed by atoms with Crippen LogP contribution in [-0.4, -0.2) is 71.9 Å². The molecule has 4 aromatic carbocycles. The average Bonchev–Trinajstić information content (AvgIpc) is 3.66. The molecule has 1 fully saturated rings. The minimum absolute atomic E-state index is 0.0702. The van der Waals surface area contributed by atoms with E-state index in [1.807, 2.05) is 84.9 Å². The molecule has 0 radical (unpaired) electrons. The molecule has 0 aliphatic carbocycles. The van der Waals surface area contributed by atoms with Crippen LogP contribution in [0.3, 0.4) is 0 Å². The fourth-order valence-corrected chi connectivity index (χ4v) is 9.34. The summed E-state index contributed by atoms with van der Waals surface area (Å²) in [7, 11) is 1.74. The number of rotatable bonds is 19. The second kappa shape index (κ2) is 20.5. The van der Waals surface area contributed by atoms with Crippen molar-refractivity contribution in [2.75, 3.05) is 32.8 Å². The molecule has 1 aromatic heterocycles. The number of nitrogens with zero attached hydrogens (tertiary/aromatic N) is 3. The van der Waals surface area contributed by atoms with Crippen LogP contribution in [0.15, 0.2) is 120 Å². The van der Waals surface area contributed by atoms with Crippen molar-refractivity contribution in [3.63, 3.8) is 0 Å². The second-order valence-corrected chi connectivity index (χ2v) is 16.7. The predicted molar refractivity (Wildman–Crippen MR) is 235 cm³/mol. The molecule has 1 aliphatic heterocycles. The van der Waals surface area contributed by atoms with Crippen molar-refractivity contribution in [3.8, 4) is 11.5 Å². The third kappa shape index (κ3) is 10.1. The van der Waals surface area contributed by atoms with E-state index in [0.717, 1.165) is 23.1 Å². The predicted octanol–water partition coefficient (Wildman–Crippen LogP) is 9.27. The number of benzene rings is 4. The van der Waals surface area contributed by atoms with Crippen molar-refractivity contribution in [3.05, 3.63) is 154 Å². The van der Waals surface area contributed by atoms with Gasteiger partial charge in [-0.05, 0) is 94.1 Å². The SMILES string of the molecule is CCCOP(O[C@H]1C[C@H](n2cc(C)c(NC(=O)c3ccccc3)nc2=O)O[C@@H]1COC(c1ccccc1)(c1ccc(OC)cc1)c1ccc(OC)cc1)N(C(C)C)C(C)C. The van der Waals surface area contributed by atoms with Gasteiger partial charge in [-0.3, -0.25) is 9.36 Å². The van der Waals surface area contributed by atoms with Crippen LogP contribution >= 0.6 is 8.53 Å². The lowest BCUT2D eigenvalue weighted by Crippen LogP contribution is -2.39. The van der Waals surface area contributed by atoms with E-state index in [0.29, 0.717) is 35.7 Å². The topological polar surface area (TPSA) is 123 Å². The van der Waals surface area contributed by atoms with Crippen LogP contribution in [-0.2, 0) is 24.1 Å². The van der Waals surface area contributed by atoms with Gasteiger partial charge < -0.3 is 33.3 Å². The molecule has 6 rings (SSSR count). The summed E-state index contributed by atoms with van der Waals surface area (Å²) in [5, 5.41) is 2.80. The number of aryl methyl sites for hydroxylation is 1. The standard InChI is InChI=1S/C47H57N4O8P/c1-9-28-57-60(51(32(2)3)33(4)5)59-41-29-43(50-30-34(6)44(49-46(50)53)48-45(52)35-16-12-10-13-17-35)58-42(41)31-56-47(36-18-14-11-15-19-36,37-20-24-39(54-7)25-21-37)38-22-26-40(55-8)27-23-38/h10-27,30,32-33,41-43H,9,28-29,31H2,1-8H3,(H,48,49,52,53)/t41-,42+,43+,60?/m0/s1. The molecule has 1 saturated heterocycles. The van der Waals surface area contributed by atoms with Crippen molar-refractivity contribution < 1.29 is 32.8 Å². The third-order valence-corrected chi connectivity index (χ3v) is 12.6. The first-order valence-corrected chi connectivity index (χ1v) is 21.6. The lowest BCUT2D eigenvalue weighted by atomic mass is 9.80. The van der Waals surface area contributed by atoms with Gasteiger partial charge in [-0.2, -0.15) is 4.98 Å². The molecule has 12 nitrogen and oxygen atoms in total. The molecule has 13 heteroatoms. The lowest BCUT2D eigenvalue weighted by molar-refractivity contribution is -0.0925. The van der Waals surface area contributed by atoms with Gasteiger partial charge in [0.1, 0.15) is 35.2 Å². The lowest BCUT2D eigenvalue weighted by Gasteiger charge is -2.39. The number of nitrogens with one attached hydrogen (secondary N) is 1. The monoisotopic (exact) mass is 836 g/mol. The van der Waals surface area contributed by atoms with E-state index in [1.54, 1.807) is 51.6 Å². The fourth-order valence-electron chi connectivity index (χ4n) is 7.49. The highest BCUT2D eigenvalue weighted by atomic mass is 31.2. The van der Waals surface area contributed by atoms with Crippen LogP contribution in [0.2, 0.25) is 0 Å². The van der Waals surface area contributed by atoms with E-state index in [-0.39, 0.29) is 30.4 Å². The highest BCUT2D eigenvalue weighted by Gasteiger charge is 2.45. The van der Waals surface area contributed by atoms with Crippen LogP contribution < -0.4 is 20.5 Å². The maximum Gasteiger partial charge on any atom is 0.351 e. The van der Waals surface area contributed by atoms with Crippen molar-refractivity contribution >= 4 is 20.3 Å². The molecule has 0 saturated carbocycles. The van der Waals surface area contributed by atoms with Crippen LogP contribution in [0.1, 0.15) is 86.3 Å². The zero-order chi connectivity index (χ0) is 42.8. The van der Waals surface area contributed by atoms with Crippen LogP contribution in [0.5, 0.6) is 11.5 Å². The third-order valence-electron chi connectivity index (χ3n) is 10.4. The zero-order valence-electron chi connectivity index (χ0n) is 35.7. The Hall–Kier alpha value is -4.94. The first kappa shape index (κ1) is 44.6. The maximum atomic E-state index is 13.8. The van der Waals surface area contributed by atoms with Crippen LogP contribution in [0, 0.1) is 6.92 Å². The summed E-state index contributed by atoms with van der Waals surface area (Å²) >= 11 is 0. The number of carbonyl (C=O) groups is 1. The second-order valence-electron chi connectivity index (χ2n) is 15.2. The zero-order valence-corrected chi connectivity index (χ0v) is 36.6. The number of anilines is 1. The van der Waals surface area contributed by atoms with Crippen molar-refractivity contribution in [2.24, 2.45) is 0 Å². The number of methoxy groups -OCH3 is 2. The first-order valence-electron chi connectivity index (χ1n) is 20.5. The Morgan fingerprint density at radius 2 is 1.42 bits per heavy atom. The Kier molecular flexibility index (Phi) is 15.3. The van der Waals surface area contributed by atoms with E-state index in [1.165, 1.54) is 4.57 Å². The number of hydrogen-bond donors (Lipinski definition) is 1. The normalized spacial score (nSPS) is 17.3. The van der Waals surface area contributed by atoms with E-state index in [4.69, 9.17) is 28.0 Å². The molecule has 318 valence electrons. The molecular weight excluding hydrogens is 780 g/mol. The number of hydrogen-bond acceptors (Lipinski definition) is 10. The summed E-state index contributed by atoms with van der Waals surface area (Å²) in [6.45, 7) is 13.0. The van der Waals surface area contributed by atoms with E-state index in [2.05, 4.69) is 49.6 Å². The quantitative estimate of drug-likeness (QED) is 0.0636. The number of aromatic nitrogens is 2. The van der Waals surface area contributed by atoms with Gasteiger partial charge in [0.2, 0.25) is 0 Å². The number of carbonyl (C=O) groups excluding carboxylic acids is 1. The van der Waals surface area contributed by atoms with E-state index >= 15 is 0 Å². The Morgan fingerprint density at radius 3 is 1.95 bits per heavy atom. The van der Waals surface area contributed by atoms with Gasteiger partial charge in [0, 0.05) is 35.8 Å². The van der Waals surface area contributed by atoms with E-state index < -0.39 is 38.3 Å². The molecule has 5 aromatic rings. The molecule has 1 unspecified atom stereocenters. The fraction of sp³-hybridized carbons (Fsp3) is 0.383. The Morgan fingerprint density at radius 1 is 0.867 bits per heavy atom. The molecule has 0 bridgehead atoms. The molecule has 1 N–H and O–H groups in total. The molecule has 60 heavy (non-hydrogen) atoms. The molecule has 1 aliphatic rings. The van der Waals surface area contributed by atoms with Crippen molar-refractivity contribution in [1.82, 2.24) is 14.2 Å². The minimum Gasteiger partial charge on any atom is -0.497 e. The van der Waals surface area contributed by atoms with Gasteiger partial charge in [0.05, 0.1) is 33.5 Å². The number of ether oxygens (including phenoxy) is 4. The smallest absolute Gasteiger partial charge is 0.351 e. The summed E-state index contributed by atoms with van der Waals surface area (Å²) in [5.74, 6) is 1.25. The summed E-state index contributed by atoms with van der Waals surface area (Å²) < 4.78 is 42.5. The highest BCUT2D eigenvalue weighted by molar-refractivity contribution is 7.44. The average molecular weight is 837 g/mol. The summed E-state index contributed by atoms with van der Waals surface area (Å²) in [6.07, 6.45) is 0.836. The maximum absolute atomic E-state index is 13.8. The Labute approximate surface area is 354 Å². The number of amides is 1. The molecule has 4 atom stereocenters. The highest BCUT2D eigenvalue weighted by Crippen LogP contribution is 2.50. The van der Waals surface area contributed by atoms with Crippen molar-refractivity contribution in [1.29, 1.82) is 0 Å². The summed E-state index contributed by atoms with van der Waals surface area (Å²) in [4.78, 5) is 31.2. The summed E-state index contributed by atoms with van der Waals surface area (Å²) in [6, 6.07) is 34.9. The Balaban J connectivity index is 1.40. The van der Waals surface area contributed by atoms with Crippen LogP contribution in [0.4, 0.5) is 5.82 Å². The molecule has 0 spiro atoms. The molecular formula is C47H57N4O8P. The van der Waals surface area contributed by atoms with Gasteiger partial charge in [0.25, 0.3) is 14.4 Å². The molecule has 1 amide bonds. The van der Waals surface area contributed by atoms with Gasteiger partial charge in [-0.1, -0.05) is 79.7 Å². The van der Waals surface area contributed by atoms with Gasteiger partial charge >= 0.3 is 5.69 Å². The first-order chi connectivity index (χ1) is 29.0. The summed E-state index contributed by atoms with van der Waals surface area (Å²) in [5.41, 5.74) is 2.01. The van der Waals surface area contributed by atoms with Gasteiger partial charge in [-0.15, -0.1) is 0 Å². The Bertz CT molecular complexity index is 2130. The van der Waals surface area contributed by atoms with Gasteiger partial charge in [-0.25, -0.2) is 9.46 Å². The molecule has 2 heterocycles. The largest absolute Gasteiger partial charge is 0.497 e. The van der Waals surface area contributed by atoms with Gasteiger partial charge in [0.15, 0.2) is 0 Å².